The molecule has 0 unspecified atom stereocenters. The first-order valence-corrected chi connectivity index (χ1v) is 10.8. The number of hydrogen-bond acceptors (Lipinski definition) is 6. The second-order valence-electron chi connectivity index (χ2n) is 6.11. The van der Waals surface area contributed by atoms with Gasteiger partial charge in [0.25, 0.3) is 10.0 Å². The summed E-state index contributed by atoms with van der Waals surface area (Å²) in [6, 6.07) is 20.2. The predicted molar refractivity (Wildman–Crippen MR) is 110 cm³/mol. The van der Waals surface area contributed by atoms with Crippen LogP contribution in [0.3, 0.4) is 0 Å². The van der Waals surface area contributed by atoms with E-state index in [0.717, 1.165) is 21.7 Å². The highest BCUT2D eigenvalue weighted by Gasteiger charge is 2.19. The van der Waals surface area contributed by atoms with Gasteiger partial charge in [-0.3, -0.25) is 4.72 Å². The summed E-state index contributed by atoms with van der Waals surface area (Å²) in [5, 5.41) is 10.6. The highest BCUT2D eigenvalue weighted by molar-refractivity contribution is 7.93. The van der Waals surface area contributed by atoms with E-state index < -0.39 is 10.0 Å². The van der Waals surface area contributed by atoms with Crippen LogP contribution in [0.2, 0.25) is 0 Å². The molecular weight excluding hydrogens is 394 g/mol. The van der Waals surface area contributed by atoms with Gasteiger partial charge in [0.2, 0.25) is 5.13 Å². The standard InChI is InChI=1S/C20H17N3O3S2/c1-26-16-11-9-14(10-12-16)13-19-21-22-20(27-19)23-28(24,25)18-8-4-6-15-5-2-3-7-17(15)18/h2-12H,13H2,1H3,(H,22,23). The van der Waals surface area contributed by atoms with E-state index in [1.54, 1.807) is 25.3 Å². The summed E-state index contributed by atoms with van der Waals surface area (Å²) in [5.41, 5.74) is 1.04. The van der Waals surface area contributed by atoms with Gasteiger partial charge in [-0.05, 0) is 29.1 Å². The minimum Gasteiger partial charge on any atom is -0.497 e. The molecule has 0 amide bonds. The van der Waals surface area contributed by atoms with Crippen LogP contribution in [0, 0.1) is 0 Å². The molecule has 0 fully saturated rings. The molecule has 28 heavy (non-hydrogen) atoms. The van der Waals surface area contributed by atoms with E-state index in [-0.39, 0.29) is 10.0 Å². The molecule has 142 valence electrons. The number of nitrogens with one attached hydrogen (secondary N) is 1. The number of rotatable bonds is 6. The molecule has 0 spiro atoms. The molecule has 1 heterocycles. The van der Waals surface area contributed by atoms with Crippen LogP contribution in [-0.2, 0) is 16.4 Å². The van der Waals surface area contributed by atoms with Gasteiger partial charge in [-0.25, -0.2) is 8.42 Å². The molecule has 0 atom stereocenters. The Morgan fingerprint density at radius 2 is 1.71 bits per heavy atom. The zero-order valence-electron chi connectivity index (χ0n) is 15.0. The zero-order chi connectivity index (χ0) is 19.6. The molecule has 0 aliphatic heterocycles. The molecule has 0 radical (unpaired) electrons. The van der Waals surface area contributed by atoms with Crippen molar-refractivity contribution in [3.8, 4) is 5.75 Å². The topological polar surface area (TPSA) is 81.2 Å². The highest BCUT2D eigenvalue weighted by Crippen LogP contribution is 2.26. The van der Waals surface area contributed by atoms with Gasteiger partial charge < -0.3 is 4.74 Å². The molecule has 3 aromatic carbocycles. The lowest BCUT2D eigenvalue weighted by Crippen LogP contribution is -2.13. The molecule has 4 rings (SSSR count). The fraction of sp³-hybridized carbons (Fsp3) is 0.100. The second kappa shape index (κ2) is 7.57. The number of nitrogens with zero attached hydrogens (tertiary/aromatic N) is 2. The van der Waals surface area contributed by atoms with Crippen LogP contribution in [0.1, 0.15) is 10.6 Å². The average molecular weight is 412 g/mol. The van der Waals surface area contributed by atoms with Crippen LogP contribution >= 0.6 is 11.3 Å². The molecule has 1 N–H and O–H groups in total. The van der Waals surface area contributed by atoms with Gasteiger partial charge in [0, 0.05) is 11.8 Å². The van der Waals surface area contributed by atoms with Crippen molar-refractivity contribution in [1.29, 1.82) is 0 Å². The van der Waals surface area contributed by atoms with Crippen molar-refractivity contribution in [2.45, 2.75) is 11.3 Å². The zero-order valence-corrected chi connectivity index (χ0v) is 16.6. The second-order valence-corrected chi connectivity index (χ2v) is 8.82. The number of benzene rings is 3. The molecule has 0 aliphatic carbocycles. The van der Waals surface area contributed by atoms with E-state index in [0.29, 0.717) is 11.8 Å². The van der Waals surface area contributed by atoms with Crippen LogP contribution in [0.25, 0.3) is 10.8 Å². The lowest BCUT2D eigenvalue weighted by atomic mass is 10.1. The Balaban J connectivity index is 1.55. The van der Waals surface area contributed by atoms with Crippen molar-refractivity contribution < 1.29 is 13.2 Å². The van der Waals surface area contributed by atoms with Crippen molar-refractivity contribution in [2.75, 3.05) is 11.8 Å². The van der Waals surface area contributed by atoms with Crippen LogP contribution in [0.15, 0.2) is 71.6 Å². The minimum atomic E-state index is -3.77. The first-order valence-electron chi connectivity index (χ1n) is 8.51. The van der Waals surface area contributed by atoms with Gasteiger partial charge in [0.15, 0.2) is 0 Å². The average Bonchev–Trinajstić information content (AvgIpc) is 3.14. The third-order valence-corrected chi connectivity index (χ3v) is 6.61. The summed E-state index contributed by atoms with van der Waals surface area (Å²) in [6.07, 6.45) is 0.567. The van der Waals surface area contributed by atoms with Gasteiger partial charge in [0.05, 0.1) is 12.0 Å². The molecule has 0 saturated carbocycles. The smallest absolute Gasteiger partial charge is 0.264 e. The van der Waals surface area contributed by atoms with Crippen molar-refractivity contribution in [1.82, 2.24) is 10.2 Å². The molecular formula is C20H17N3O3S2. The normalized spacial score (nSPS) is 11.5. The van der Waals surface area contributed by atoms with Gasteiger partial charge in [-0.1, -0.05) is 59.9 Å². The third kappa shape index (κ3) is 3.83. The summed E-state index contributed by atoms with van der Waals surface area (Å²) >= 11 is 1.22. The van der Waals surface area contributed by atoms with Crippen molar-refractivity contribution >= 4 is 37.3 Å². The Hall–Kier alpha value is -2.97. The Morgan fingerprint density at radius 1 is 0.964 bits per heavy atom. The number of anilines is 1. The maximum absolute atomic E-state index is 12.9. The van der Waals surface area contributed by atoms with Crippen LogP contribution in [0.5, 0.6) is 5.75 Å². The Kier molecular flexibility index (Phi) is 4.97. The highest BCUT2D eigenvalue weighted by atomic mass is 32.2. The minimum absolute atomic E-state index is 0.220. The van der Waals surface area contributed by atoms with Gasteiger partial charge in [-0.2, -0.15) is 0 Å². The van der Waals surface area contributed by atoms with Crippen LogP contribution in [-0.4, -0.2) is 25.7 Å². The predicted octanol–water partition coefficient (Wildman–Crippen LogP) is 4.09. The molecule has 0 aliphatic rings. The van der Waals surface area contributed by atoms with Crippen molar-refractivity contribution in [2.24, 2.45) is 0 Å². The fourth-order valence-corrected chi connectivity index (χ4v) is 5.12. The summed E-state index contributed by atoms with van der Waals surface area (Å²) in [5.74, 6) is 0.782. The molecule has 6 nitrogen and oxygen atoms in total. The van der Waals surface area contributed by atoms with E-state index in [2.05, 4.69) is 14.9 Å². The fourth-order valence-electron chi connectivity index (χ4n) is 2.88. The van der Waals surface area contributed by atoms with Crippen LogP contribution < -0.4 is 9.46 Å². The molecule has 0 bridgehead atoms. The molecule has 0 saturated heterocycles. The van der Waals surface area contributed by atoms with Gasteiger partial charge in [-0.15, -0.1) is 10.2 Å². The van der Waals surface area contributed by atoms with E-state index in [9.17, 15) is 8.42 Å². The lowest BCUT2D eigenvalue weighted by Gasteiger charge is -2.08. The lowest BCUT2D eigenvalue weighted by molar-refractivity contribution is 0.414. The molecule has 4 aromatic rings. The van der Waals surface area contributed by atoms with E-state index in [1.807, 2.05) is 48.5 Å². The first-order chi connectivity index (χ1) is 13.5. The van der Waals surface area contributed by atoms with Crippen LogP contribution in [0.4, 0.5) is 5.13 Å². The largest absolute Gasteiger partial charge is 0.497 e. The number of sulfonamides is 1. The number of aromatic nitrogens is 2. The summed E-state index contributed by atoms with van der Waals surface area (Å²) in [6.45, 7) is 0. The van der Waals surface area contributed by atoms with Gasteiger partial charge >= 0.3 is 0 Å². The first kappa shape index (κ1) is 18.4. The summed E-state index contributed by atoms with van der Waals surface area (Å²) in [4.78, 5) is 0.220. The Labute approximate surface area is 166 Å². The Bertz CT molecular complexity index is 1210. The Morgan fingerprint density at radius 3 is 2.50 bits per heavy atom. The van der Waals surface area contributed by atoms with E-state index in [4.69, 9.17) is 4.74 Å². The van der Waals surface area contributed by atoms with Crippen molar-refractivity contribution in [3.05, 3.63) is 77.3 Å². The number of fused-ring (bicyclic) bond motifs is 1. The van der Waals surface area contributed by atoms with E-state index in [1.165, 1.54) is 11.3 Å². The van der Waals surface area contributed by atoms with Gasteiger partial charge in [0.1, 0.15) is 10.8 Å². The molecule has 1 aromatic heterocycles. The quantitative estimate of drug-likeness (QED) is 0.517. The molecule has 8 heteroatoms. The monoisotopic (exact) mass is 411 g/mol. The SMILES string of the molecule is COc1ccc(Cc2nnc(NS(=O)(=O)c3cccc4ccccc34)s2)cc1. The maximum Gasteiger partial charge on any atom is 0.264 e. The third-order valence-electron chi connectivity index (χ3n) is 4.24. The number of ether oxygens (including phenoxy) is 1. The summed E-state index contributed by atoms with van der Waals surface area (Å²) in [7, 11) is -2.15. The van der Waals surface area contributed by atoms with E-state index >= 15 is 0 Å². The number of hydrogen-bond donors (Lipinski definition) is 1. The van der Waals surface area contributed by atoms with Crippen molar-refractivity contribution in [3.63, 3.8) is 0 Å². The maximum atomic E-state index is 12.9. The summed E-state index contributed by atoms with van der Waals surface area (Å²) < 4.78 is 33.4. The number of methoxy groups -OCH3 is 1.